The summed E-state index contributed by atoms with van der Waals surface area (Å²) in [5, 5.41) is 12.6. The van der Waals surface area contributed by atoms with Crippen molar-refractivity contribution in [3.05, 3.63) is 59.5 Å². The third-order valence-corrected chi connectivity index (χ3v) is 6.55. The van der Waals surface area contributed by atoms with E-state index in [1.807, 2.05) is 30.3 Å². The van der Waals surface area contributed by atoms with Crippen LogP contribution >= 0.6 is 11.3 Å². The first-order valence-corrected chi connectivity index (χ1v) is 10.2. The molecule has 1 aliphatic rings. The number of rotatable bonds is 5. The Morgan fingerprint density at radius 1 is 1.11 bits per heavy atom. The highest BCUT2D eigenvalue weighted by Gasteiger charge is 2.30. The molecule has 1 aliphatic heterocycles. The number of benzene rings is 2. The molecule has 1 aromatic heterocycles. The Morgan fingerprint density at radius 3 is 2.63 bits per heavy atom. The molecule has 0 radical (unpaired) electrons. The van der Waals surface area contributed by atoms with Gasteiger partial charge in [0, 0.05) is 22.5 Å². The average Bonchev–Trinajstić information content (AvgIpc) is 3.14. The van der Waals surface area contributed by atoms with E-state index >= 15 is 0 Å². The zero-order chi connectivity index (χ0) is 18.8. The maximum absolute atomic E-state index is 11.4. The summed E-state index contributed by atoms with van der Waals surface area (Å²) < 4.78 is 6.64. The average molecular weight is 383 g/mol. The SMILES string of the molecule is COc1cccc(N(C2CCN(C)CC2)C(O)c2cc3ccccc3s2)c1. The molecule has 2 heterocycles. The normalized spacial score (nSPS) is 17.1. The third kappa shape index (κ3) is 3.81. The number of thiophene rings is 1. The molecule has 27 heavy (non-hydrogen) atoms. The van der Waals surface area contributed by atoms with E-state index in [0.29, 0.717) is 6.04 Å². The van der Waals surface area contributed by atoms with Crippen LogP contribution in [0.25, 0.3) is 10.1 Å². The molecule has 142 valence electrons. The lowest BCUT2D eigenvalue weighted by molar-refractivity contribution is 0.143. The van der Waals surface area contributed by atoms with Crippen molar-refractivity contribution in [3.63, 3.8) is 0 Å². The van der Waals surface area contributed by atoms with E-state index in [2.05, 4.69) is 41.1 Å². The number of nitrogens with zero attached hydrogens (tertiary/aromatic N) is 2. The van der Waals surface area contributed by atoms with Crippen LogP contribution in [-0.4, -0.2) is 43.3 Å². The van der Waals surface area contributed by atoms with Gasteiger partial charge in [0.05, 0.1) is 12.0 Å². The van der Waals surface area contributed by atoms with Crippen LogP contribution in [0.3, 0.4) is 0 Å². The van der Waals surface area contributed by atoms with E-state index in [-0.39, 0.29) is 0 Å². The van der Waals surface area contributed by atoms with Crippen LogP contribution in [-0.2, 0) is 0 Å². The van der Waals surface area contributed by atoms with Crippen molar-refractivity contribution < 1.29 is 9.84 Å². The molecule has 1 fully saturated rings. The van der Waals surface area contributed by atoms with Gasteiger partial charge in [-0.1, -0.05) is 24.3 Å². The van der Waals surface area contributed by atoms with Gasteiger partial charge >= 0.3 is 0 Å². The summed E-state index contributed by atoms with van der Waals surface area (Å²) in [5.41, 5.74) is 1.01. The molecule has 5 heteroatoms. The van der Waals surface area contributed by atoms with Crippen LogP contribution in [0, 0.1) is 0 Å². The molecule has 4 rings (SSSR count). The van der Waals surface area contributed by atoms with Gasteiger partial charge in [0.1, 0.15) is 5.75 Å². The maximum atomic E-state index is 11.4. The highest BCUT2D eigenvalue weighted by atomic mass is 32.1. The first-order valence-electron chi connectivity index (χ1n) is 9.43. The summed E-state index contributed by atoms with van der Waals surface area (Å²) >= 11 is 1.67. The van der Waals surface area contributed by atoms with Crippen molar-refractivity contribution in [2.24, 2.45) is 0 Å². The summed E-state index contributed by atoms with van der Waals surface area (Å²) in [6.45, 7) is 2.09. The number of piperidine rings is 1. The van der Waals surface area contributed by atoms with Crippen LogP contribution in [0.15, 0.2) is 54.6 Å². The second-order valence-electron chi connectivity index (χ2n) is 7.20. The van der Waals surface area contributed by atoms with Gasteiger partial charge in [-0.25, -0.2) is 0 Å². The Hall–Kier alpha value is -2.08. The lowest BCUT2D eigenvalue weighted by Crippen LogP contribution is -2.45. The van der Waals surface area contributed by atoms with Crippen molar-refractivity contribution in [3.8, 4) is 5.75 Å². The van der Waals surface area contributed by atoms with Crippen molar-refractivity contribution in [1.82, 2.24) is 4.90 Å². The molecule has 1 N–H and O–H groups in total. The molecule has 4 nitrogen and oxygen atoms in total. The molecule has 1 atom stereocenters. The second-order valence-corrected chi connectivity index (χ2v) is 8.32. The highest BCUT2D eigenvalue weighted by molar-refractivity contribution is 7.19. The largest absolute Gasteiger partial charge is 0.497 e. The fourth-order valence-electron chi connectivity index (χ4n) is 3.86. The van der Waals surface area contributed by atoms with Crippen molar-refractivity contribution in [2.75, 3.05) is 32.1 Å². The number of methoxy groups -OCH3 is 1. The Kier molecular flexibility index (Phi) is 5.34. The molecular weight excluding hydrogens is 356 g/mol. The predicted octanol–water partition coefficient (Wildman–Crippen LogP) is 4.50. The second kappa shape index (κ2) is 7.89. The summed E-state index contributed by atoms with van der Waals surface area (Å²) in [6.07, 6.45) is 1.41. The molecule has 3 aromatic rings. The Labute approximate surface area is 164 Å². The van der Waals surface area contributed by atoms with Crippen LogP contribution in [0.1, 0.15) is 23.9 Å². The summed E-state index contributed by atoms with van der Waals surface area (Å²) in [6, 6.07) is 18.8. The molecule has 0 saturated carbocycles. The third-order valence-electron chi connectivity index (χ3n) is 5.40. The number of ether oxygens (including phenoxy) is 1. The van der Waals surface area contributed by atoms with Crippen molar-refractivity contribution >= 4 is 27.1 Å². The number of likely N-dealkylation sites (tertiary alicyclic amines) is 1. The van der Waals surface area contributed by atoms with Crippen molar-refractivity contribution in [2.45, 2.75) is 25.1 Å². The minimum Gasteiger partial charge on any atom is -0.497 e. The maximum Gasteiger partial charge on any atom is 0.162 e. The highest BCUT2D eigenvalue weighted by Crippen LogP contribution is 2.37. The van der Waals surface area contributed by atoms with Gasteiger partial charge in [0.25, 0.3) is 0 Å². The zero-order valence-electron chi connectivity index (χ0n) is 15.8. The predicted molar refractivity (Wildman–Crippen MR) is 113 cm³/mol. The number of hydrogen-bond acceptors (Lipinski definition) is 5. The van der Waals surface area contributed by atoms with E-state index < -0.39 is 6.23 Å². The molecule has 0 spiro atoms. The van der Waals surface area contributed by atoms with Gasteiger partial charge in [-0.05, 0) is 62.6 Å². The van der Waals surface area contributed by atoms with E-state index in [4.69, 9.17) is 4.74 Å². The van der Waals surface area contributed by atoms with Gasteiger partial charge in [-0.15, -0.1) is 11.3 Å². The Balaban J connectivity index is 1.71. The summed E-state index contributed by atoms with van der Waals surface area (Å²) in [4.78, 5) is 5.52. The van der Waals surface area contributed by atoms with Crippen molar-refractivity contribution in [1.29, 1.82) is 0 Å². The Bertz CT molecular complexity index is 869. The monoisotopic (exact) mass is 382 g/mol. The number of aliphatic hydroxyl groups is 1. The smallest absolute Gasteiger partial charge is 0.162 e. The van der Waals surface area contributed by atoms with E-state index in [1.165, 1.54) is 10.1 Å². The minimum absolute atomic E-state index is 0.300. The molecule has 1 unspecified atom stereocenters. The van der Waals surface area contributed by atoms with Gasteiger partial charge in [-0.3, -0.25) is 0 Å². The zero-order valence-corrected chi connectivity index (χ0v) is 16.7. The molecular formula is C22H26N2O2S. The van der Waals surface area contributed by atoms with E-state index in [1.54, 1.807) is 18.4 Å². The van der Waals surface area contributed by atoms with Gasteiger partial charge < -0.3 is 19.6 Å². The quantitative estimate of drug-likeness (QED) is 0.659. The molecule has 0 bridgehead atoms. The number of hydrogen-bond donors (Lipinski definition) is 1. The van der Waals surface area contributed by atoms with Gasteiger partial charge in [0.15, 0.2) is 6.23 Å². The molecule has 0 aliphatic carbocycles. The first kappa shape index (κ1) is 18.3. The lowest BCUT2D eigenvalue weighted by atomic mass is 10.0. The van der Waals surface area contributed by atoms with E-state index in [0.717, 1.165) is 42.2 Å². The van der Waals surface area contributed by atoms with Crippen LogP contribution < -0.4 is 9.64 Å². The standard InChI is InChI=1S/C22H26N2O2S/c1-23-12-10-17(11-13-23)24(18-7-5-8-19(15-18)26-2)22(25)21-14-16-6-3-4-9-20(16)27-21/h3-9,14-15,17,22,25H,10-13H2,1-2H3. The number of aliphatic hydroxyl groups excluding tert-OH is 1. The van der Waals surface area contributed by atoms with E-state index in [9.17, 15) is 5.11 Å². The molecule has 2 aromatic carbocycles. The molecule has 1 saturated heterocycles. The fraction of sp³-hybridized carbons (Fsp3) is 0.364. The fourth-order valence-corrected chi connectivity index (χ4v) is 4.91. The van der Waals surface area contributed by atoms with Crippen LogP contribution in [0.4, 0.5) is 5.69 Å². The van der Waals surface area contributed by atoms with Gasteiger partial charge in [0.2, 0.25) is 0 Å². The number of anilines is 1. The molecule has 0 amide bonds. The first-order chi connectivity index (χ1) is 13.2. The Morgan fingerprint density at radius 2 is 1.89 bits per heavy atom. The lowest BCUT2D eigenvalue weighted by Gasteiger charge is -2.41. The topological polar surface area (TPSA) is 35.9 Å². The number of fused-ring (bicyclic) bond motifs is 1. The van der Waals surface area contributed by atoms with Crippen LogP contribution in [0.5, 0.6) is 5.75 Å². The minimum atomic E-state index is -0.664. The van der Waals surface area contributed by atoms with Gasteiger partial charge in [-0.2, -0.15) is 0 Å². The summed E-state index contributed by atoms with van der Waals surface area (Å²) in [5.74, 6) is 0.814. The van der Waals surface area contributed by atoms with Crippen LogP contribution in [0.2, 0.25) is 0 Å². The summed E-state index contributed by atoms with van der Waals surface area (Å²) in [7, 11) is 3.84.